The Balaban J connectivity index is 0.00000338. The van der Waals surface area contributed by atoms with Crippen LogP contribution in [0.3, 0.4) is 0 Å². The van der Waals surface area contributed by atoms with Gasteiger partial charge < -0.3 is 25.3 Å². The number of ether oxygens (including phenoxy) is 3. The Labute approximate surface area is 160 Å². The highest BCUT2D eigenvalue weighted by atomic mass is 35.5. The third kappa shape index (κ3) is 6.13. The molecular weight excluding hydrogens is 356 g/mol. The molecule has 0 aliphatic heterocycles. The Morgan fingerprint density at radius 2 is 1.81 bits per heavy atom. The van der Waals surface area contributed by atoms with Crippen molar-refractivity contribution >= 4 is 24.0 Å². The first-order valence-electron chi connectivity index (χ1n) is 8.12. The number of halogens is 1. The van der Waals surface area contributed by atoms with Crippen LogP contribution in [0.1, 0.15) is 24.2 Å². The molecule has 3 N–H and O–H groups in total. The van der Waals surface area contributed by atoms with Crippen LogP contribution in [0.5, 0.6) is 17.2 Å². The fourth-order valence-electron chi connectivity index (χ4n) is 2.17. The number of methoxy groups -OCH3 is 1. The smallest absolute Gasteiger partial charge is 0.255 e. The third-order valence-corrected chi connectivity index (χ3v) is 3.29. The van der Waals surface area contributed by atoms with Gasteiger partial charge in [0, 0.05) is 17.8 Å². The maximum atomic E-state index is 12.4. The second kappa shape index (κ2) is 10.5. The predicted molar refractivity (Wildman–Crippen MR) is 105 cm³/mol. The number of nitrogens with one attached hydrogen (secondary N) is 1. The van der Waals surface area contributed by atoms with E-state index >= 15 is 0 Å². The van der Waals surface area contributed by atoms with Crippen LogP contribution in [0.4, 0.5) is 5.69 Å². The Hall–Kier alpha value is -2.44. The molecule has 1 amide bonds. The van der Waals surface area contributed by atoms with Crippen molar-refractivity contribution in [3.8, 4) is 17.2 Å². The van der Waals surface area contributed by atoms with Gasteiger partial charge in [-0.2, -0.15) is 0 Å². The molecule has 0 bridgehead atoms. The molecule has 0 aliphatic carbocycles. The molecule has 0 fully saturated rings. The van der Waals surface area contributed by atoms with E-state index in [1.165, 1.54) is 0 Å². The number of carbonyl (C=O) groups excluding carboxylic acids is 1. The Morgan fingerprint density at radius 3 is 2.38 bits per heavy atom. The second-order valence-corrected chi connectivity index (χ2v) is 5.65. The van der Waals surface area contributed by atoms with Gasteiger partial charge in [-0.1, -0.05) is 0 Å². The van der Waals surface area contributed by atoms with E-state index in [1.807, 2.05) is 13.8 Å². The number of rotatable bonds is 8. The van der Waals surface area contributed by atoms with E-state index in [0.29, 0.717) is 41.7 Å². The van der Waals surface area contributed by atoms with Gasteiger partial charge in [0.05, 0.1) is 13.2 Å². The van der Waals surface area contributed by atoms with Crippen LogP contribution < -0.4 is 25.3 Å². The van der Waals surface area contributed by atoms with Crippen LogP contribution in [0.25, 0.3) is 0 Å². The molecule has 2 rings (SSSR count). The van der Waals surface area contributed by atoms with E-state index in [2.05, 4.69) is 5.32 Å². The molecule has 0 radical (unpaired) electrons. The van der Waals surface area contributed by atoms with E-state index in [0.717, 1.165) is 0 Å². The summed E-state index contributed by atoms with van der Waals surface area (Å²) in [5, 5.41) is 2.84. The lowest BCUT2D eigenvalue weighted by molar-refractivity contribution is 0.102. The standard InChI is InChI=1S/C19H24N2O4.ClH/c1-13(2)25-17-9-4-14(12-18(17)23-3)19(22)21-15-5-7-16(8-6-15)24-11-10-20;/h4-9,12-13H,10-11,20H2,1-3H3,(H,21,22);1H. The number of benzene rings is 2. The van der Waals surface area contributed by atoms with Gasteiger partial charge in [-0.05, 0) is 56.3 Å². The molecule has 0 saturated carbocycles. The van der Waals surface area contributed by atoms with Crippen molar-refractivity contribution < 1.29 is 19.0 Å². The first kappa shape index (κ1) is 21.6. The molecule has 0 unspecified atom stereocenters. The summed E-state index contributed by atoms with van der Waals surface area (Å²) in [5.41, 5.74) is 6.55. The SMILES string of the molecule is COc1cc(C(=O)Nc2ccc(OCCN)cc2)ccc1OC(C)C.Cl. The van der Waals surface area contributed by atoms with Crippen LogP contribution in [-0.4, -0.2) is 32.3 Å². The number of anilines is 1. The minimum Gasteiger partial charge on any atom is -0.493 e. The van der Waals surface area contributed by atoms with Gasteiger partial charge in [0.25, 0.3) is 5.91 Å². The maximum absolute atomic E-state index is 12.4. The topological polar surface area (TPSA) is 82.8 Å². The summed E-state index contributed by atoms with van der Waals surface area (Å²) < 4.78 is 16.4. The van der Waals surface area contributed by atoms with Gasteiger partial charge >= 0.3 is 0 Å². The Kier molecular flexibility index (Phi) is 8.75. The number of hydrogen-bond acceptors (Lipinski definition) is 5. The Morgan fingerprint density at radius 1 is 1.12 bits per heavy atom. The number of carbonyl (C=O) groups is 1. The van der Waals surface area contributed by atoms with Gasteiger partial charge in [-0.15, -0.1) is 12.4 Å². The van der Waals surface area contributed by atoms with Crippen LogP contribution in [0.2, 0.25) is 0 Å². The van der Waals surface area contributed by atoms with Crippen molar-refractivity contribution in [3.63, 3.8) is 0 Å². The zero-order chi connectivity index (χ0) is 18.2. The van der Waals surface area contributed by atoms with Crippen molar-refractivity contribution in [2.24, 2.45) is 5.73 Å². The molecule has 0 atom stereocenters. The van der Waals surface area contributed by atoms with Gasteiger partial charge in [-0.3, -0.25) is 4.79 Å². The minimum atomic E-state index is -0.231. The number of hydrogen-bond donors (Lipinski definition) is 2. The molecule has 7 heteroatoms. The van der Waals surface area contributed by atoms with Crippen LogP contribution in [-0.2, 0) is 0 Å². The molecular formula is C19H25ClN2O4. The lowest BCUT2D eigenvalue weighted by atomic mass is 10.1. The average molecular weight is 381 g/mol. The summed E-state index contributed by atoms with van der Waals surface area (Å²) in [6.45, 7) is 4.77. The quantitative estimate of drug-likeness (QED) is 0.732. The fourth-order valence-corrected chi connectivity index (χ4v) is 2.17. The lowest BCUT2D eigenvalue weighted by Gasteiger charge is -2.14. The van der Waals surface area contributed by atoms with E-state index in [1.54, 1.807) is 49.6 Å². The van der Waals surface area contributed by atoms with Crippen molar-refractivity contribution in [2.75, 3.05) is 25.6 Å². The first-order valence-corrected chi connectivity index (χ1v) is 8.12. The maximum Gasteiger partial charge on any atom is 0.255 e. The Bertz CT molecular complexity index is 705. The number of amides is 1. The summed E-state index contributed by atoms with van der Waals surface area (Å²) in [6, 6.07) is 12.2. The van der Waals surface area contributed by atoms with Gasteiger partial charge in [-0.25, -0.2) is 0 Å². The molecule has 2 aromatic rings. The third-order valence-electron chi connectivity index (χ3n) is 3.29. The summed E-state index contributed by atoms with van der Waals surface area (Å²) in [7, 11) is 1.55. The largest absolute Gasteiger partial charge is 0.493 e. The molecule has 2 aromatic carbocycles. The van der Waals surface area contributed by atoms with Crippen molar-refractivity contribution in [2.45, 2.75) is 20.0 Å². The zero-order valence-corrected chi connectivity index (χ0v) is 16.0. The highest BCUT2D eigenvalue weighted by Gasteiger charge is 2.12. The molecule has 0 spiro atoms. The van der Waals surface area contributed by atoms with E-state index in [4.69, 9.17) is 19.9 Å². The molecule has 26 heavy (non-hydrogen) atoms. The highest BCUT2D eigenvalue weighted by Crippen LogP contribution is 2.29. The monoisotopic (exact) mass is 380 g/mol. The van der Waals surface area contributed by atoms with Crippen LogP contribution >= 0.6 is 12.4 Å². The van der Waals surface area contributed by atoms with Gasteiger partial charge in [0.2, 0.25) is 0 Å². The van der Waals surface area contributed by atoms with Gasteiger partial charge in [0.1, 0.15) is 12.4 Å². The second-order valence-electron chi connectivity index (χ2n) is 5.65. The first-order chi connectivity index (χ1) is 12.0. The minimum absolute atomic E-state index is 0. The van der Waals surface area contributed by atoms with E-state index in [-0.39, 0.29) is 24.4 Å². The van der Waals surface area contributed by atoms with Crippen molar-refractivity contribution in [1.82, 2.24) is 0 Å². The predicted octanol–water partition coefficient (Wildman–Crippen LogP) is 3.49. The summed E-state index contributed by atoms with van der Waals surface area (Å²) >= 11 is 0. The molecule has 0 saturated heterocycles. The normalized spacial score (nSPS) is 10.0. The lowest BCUT2D eigenvalue weighted by Crippen LogP contribution is -2.13. The molecule has 6 nitrogen and oxygen atoms in total. The van der Waals surface area contributed by atoms with E-state index < -0.39 is 0 Å². The zero-order valence-electron chi connectivity index (χ0n) is 15.2. The van der Waals surface area contributed by atoms with Crippen LogP contribution in [0.15, 0.2) is 42.5 Å². The molecule has 142 valence electrons. The molecule has 0 aliphatic rings. The fraction of sp³-hybridized carbons (Fsp3) is 0.316. The average Bonchev–Trinajstić information content (AvgIpc) is 2.61. The number of nitrogens with two attached hydrogens (primary N) is 1. The summed E-state index contributed by atoms with van der Waals surface area (Å²) in [5.74, 6) is 1.60. The van der Waals surface area contributed by atoms with Gasteiger partial charge in [0.15, 0.2) is 11.5 Å². The van der Waals surface area contributed by atoms with E-state index in [9.17, 15) is 4.79 Å². The molecule has 0 aromatic heterocycles. The summed E-state index contributed by atoms with van der Waals surface area (Å²) in [4.78, 5) is 12.4. The van der Waals surface area contributed by atoms with Crippen molar-refractivity contribution in [1.29, 1.82) is 0 Å². The molecule has 0 heterocycles. The summed E-state index contributed by atoms with van der Waals surface area (Å²) in [6.07, 6.45) is 0.0218. The van der Waals surface area contributed by atoms with Crippen molar-refractivity contribution in [3.05, 3.63) is 48.0 Å². The highest BCUT2D eigenvalue weighted by molar-refractivity contribution is 6.04. The van der Waals surface area contributed by atoms with Crippen LogP contribution in [0, 0.1) is 0 Å².